The van der Waals surface area contributed by atoms with Gasteiger partial charge in [0.1, 0.15) is 28.3 Å². The van der Waals surface area contributed by atoms with E-state index in [1.54, 1.807) is 0 Å². The molecule has 0 aliphatic heterocycles. The number of pyridine rings is 1. The summed E-state index contributed by atoms with van der Waals surface area (Å²) >= 11 is 1.22. The predicted octanol–water partition coefficient (Wildman–Crippen LogP) is 2.69. The van der Waals surface area contributed by atoms with Gasteiger partial charge in [-0.05, 0) is 24.6 Å². The first-order valence-corrected chi connectivity index (χ1v) is 8.02. The van der Waals surface area contributed by atoms with Crippen molar-refractivity contribution in [2.75, 3.05) is 18.1 Å². The third-order valence-corrected chi connectivity index (χ3v) is 4.66. The van der Waals surface area contributed by atoms with Crippen LogP contribution in [0.4, 0.5) is 11.5 Å². The number of ether oxygens (including phenoxy) is 1. The van der Waals surface area contributed by atoms with E-state index in [-0.39, 0.29) is 5.82 Å². The molecule has 7 heteroatoms. The van der Waals surface area contributed by atoms with Gasteiger partial charge in [0.15, 0.2) is 4.83 Å². The molecule has 3 rings (SSSR count). The highest BCUT2D eigenvalue weighted by molar-refractivity contribution is 7.19. The van der Waals surface area contributed by atoms with Crippen molar-refractivity contribution in [2.24, 2.45) is 0 Å². The normalized spacial score (nSPS) is 10.3. The van der Waals surface area contributed by atoms with E-state index in [2.05, 4.69) is 17.1 Å². The number of nitrogens with two attached hydrogens (primary N) is 2. The van der Waals surface area contributed by atoms with E-state index in [4.69, 9.17) is 16.2 Å². The number of nitrogens with one attached hydrogen (secondary N) is 1. The Bertz CT molecular complexity index is 1010. The molecule has 0 atom stereocenters. The average Bonchev–Trinajstić information content (AvgIpc) is 2.90. The van der Waals surface area contributed by atoms with E-state index in [1.807, 2.05) is 31.2 Å². The van der Waals surface area contributed by atoms with Crippen LogP contribution < -0.4 is 21.2 Å². The second-order valence-corrected chi connectivity index (χ2v) is 6.04. The standard InChI is InChI=1S/C17H13N5OS/c1-2-23-10-5-3-9(4-6-10)13-11(7-18)16(21)22-17-14(13)15(20)12(8-19)24-17/h3-6H,2,20H2,1H3,(H2,21,22)/p+1. The molecular formula is C17H14N5OS+. The second kappa shape index (κ2) is 6.07. The fourth-order valence-electron chi connectivity index (χ4n) is 2.60. The number of nitrogens with zero attached hydrogens (tertiary/aromatic N) is 2. The highest BCUT2D eigenvalue weighted by atomic mass is 32.1. The lowest BCUT2D eigenvalue weighted by atomic mass is 9.97. The van der Waals surface area contributed by atoms with Gasteiger partial charge in [-0.15, -0.1) is 0 Å². The third kappa shape index (κ3) is 2.37. The molecule has 24 heavy (non-hydrogen) atoms. The van der Waals surface area contributed by atoms with E-state index >= 15 is 0 Å². The molecule has 6 nitrogen and oxygen atoms in total. The van der Waals surface area contributed by atoms with Crippen molar-refractivity contribution in [3.8, 4) is 29.0 Å². The van der Waals surface area contributed by atoms with Crippen molar-refractivity contribution < 1.29 is 9.72 Å². The summed E-state index contributed by atoms with van der Waals surface area (Å²) in [5.74, 6) is 0.988. The summed E-state index contributed by atoms with van der Waals surface area (Å²) in [7, 11) is 0. The van der Waals surface area contributed by atoms with Crippen LogP contribution in [-0.2, 0) is 0 Å². The van der Waals surface area contributed by atoms with Crippen molar-refractivity contribution in [2.45, 2.75) is 6.92 Å². The molecule has 2 heterocycles. The molecule has 0 radical (unpaired) electrons. The summed E-state index contributed by atoms with van der Waals surface area (Å²) in [5.41, 5.74) is 14.2. The third-order valence-electron chi connectivity index (χ3n) is 3.63. The summed E-state index contributed by atoms with van der Waals surface area (Å²) in [6, 6.07) is 11.6. The van der Waals surface area contributed by atoms with E-state index in [0.717, 1.165) is 11.3 Å². The molecule has 1 aromatic carbocycles. The quantitative estimate of drug-likeness (QED) is 0.761. The minimum Gasteiger partial charge on any atom is -0.494 e. The molecule has 2 aromatic heterocycles. The molecule has 0 bridgehead atoms. The van der Waals surface area contributed by atoms with Gasteiger partial charge in [0.2, 0.25) is 0 Å². The lowest BCUT2D eigenvalue weighted by Crippen LogP contribution is -2.13. The molecule has 5 N–H and O–H groups in total. The van der Waals surface area contributed by atoms with Gasteiger partial charge < -0.3 is 10.5 Å². The van der Waals surface area contributed by atoms with Crippen molar-refractivity contribution in [1.82, 2.24) is 0 Å². The van der Waals surface area contributed by atoms with Crippen LogP contribution in [0.2, 0.25) is 0 Å². The molecule has 0 saturated heterocycles. The van der Waals surface area contributed by atoms with Gasteiger partial charge in [-0.1, -0.05) is 23.5 Å². The first-order valence-electron chi connectivity index (χ1n) is 7.20. The zero-order valence-corrected chi connectivity index (χ0v) is 13.7. The largest absolute Gasteiger partial charge is 0.494 e. The molecule has 0 aliphatic carbocycles. The van der Waals surface area contributed by atoms with Gasteiger partial charge in [-0.3, -0.25) is 5.73 Å². The molecule has 0 amide bonds. The number of aromatic nitrogens is 1. The van der Waals surface area contributed by atoms with Crippen LogP contribution >= 0.6 is 11.3 Å². The molecular weight excluding hydrogens is 322 g/mol. The number of fused-ring (bicyclic) bond motifs is 1. The highest BCUT2D eigenvalue weighted by Gasteiger charge is 2.24. The maximum Gasteiger partial charge on any atom is 0.290 e. The van der Waals surface area contributed by atoms with Crippen LogP contribution in [0, 0.1) is 22.7 Å². The minimum atomic E-state index is 0.250. The fourth-order valence-corrected chi connectivity index (χ4v) is 3.53. The van der Waals surface area contributed by atoms with Gasteiger partial charge in [0.05, 0.1) is 17.7 Å². The van der Waals surface area contributed by atoms with Crippen LogP contribution in [0.1, 0.15) is 17.4 Å². The molecule has 0 unspecified atom stereocenters. The topological polar surface area (TPSA) is 123 Å². The summed E-state index contributed by atoms with van der Waals surface area (Å²) in [4.78, 5) is 4.03. The number of aromatic amines is 1. The smallest absolute Gasteiger partial charge is 0.290 e. The Labute approximate surface area is 142 Å². The number of anilines is 2. The summed E-state index contributed by atoms with van der Waals surface area (Å²) in [6.45, 7) is 2.48. The monoisotopic (exact) mass is 336 g/mol. The number of thiophene rings is 1. The summed E-state index contributed by atoms with van der Waals surface area (Å²) in [5, 5.41) is 19.4. The molecule has 0 saturated carbocycles. The first kappa shape index (κ1) is 15.6. The highest BCUT2D eigenvalue weighted by Crippen LogP contribution is 2.40. The van der Waals surface area contributed by atoms with Gasteiger partial charge in [-0.25, -0.2) is 4.98 Å². The van der Waals surface area contributed by atoms with Crippen molar-refractivity contribution >= 4 is 33.1 Å². The number of nitriles is 2. The Balaban J connectivity index is 2.34. The van der Waals surface area contributed by atoms with E-state index in [1.165, 1.54) is 11.3 Å². The van der Waals surface area contributed by atoms with Gasteiger partial charge in [0, 0.05) is 5.56 Å². The Morgan fingerprint density at radius 1 is 1.17 bits per heavy atom. The maximum atomic E-state index is 9.54. The fraction of sp³-hybridized carbons (Fsp3) is 0.118. The van der Waals surface area contributed by atoms with Crippen LogP contribution in [0.25, 0.3) is 21.3 Å². The lowest BCUT2D eigenvalue weighted by Gasteiger charge is -2.08. The minimum absolute atomic E-state index is 0.250. The van der Waals surface area contributed by atoms with E-state index in [0.29, 0.717) is 38.5 Å². The SMILES string of the molecule is CCOc1ccc(-c2c(C#N)c(N)[nH+]c3sc(C#N)c(N)c23)cc1. The molecule has 118 valence electrons. The zero-order chi connectivity index (χ0) is 17.3. The van der Waals surface area contributed by atoms with Crippen molar-refractivity contribution in [3.63, 3.8) is 0 Å². The lowest BCUT2D eigenvalue weighted by molar-refractivity contribution is -0.323. The molecule has 0 fully saturated rings. The van der Waals surface area contributed by atoms with Crippen LogP contribution in [0.5, 0.6) is 5.75 Å². The molecule has 3 aromatic rings. The summed E-state index contributed by atoms with van der Waals surface area (Å²) < 4.78 is 5.45. The Morgan fingerprint density at radius 3 is 2.46 bits per heavy atom. The first-order chi connectivity index (χ1) is 11.6. The van der Waals surface area contributed by atoms with E-state index < -0.39 is 0 Å². The molecule has 0 aliphatic rings. The Morgan fingerprint density at radius 2 is 1.88 bits per heavy atom. The average molecular weight is 336 g/mol. The van der Waals surface area contributed by atoms with Crippen LogP contribution in [-0.4, -0.2) is 6.61 Å². The van der Waals surface area contributed by atoms with Gasteiger partial charge in [-0.2, -0.15) is 10.5 Å². The maximum absolute atomic E-state index is 9.54. The number of rotatable bonds is 3. The number of hydrogen-bond donors (Lipinski definition) is 2. The summed E-state index contributed by atoms with van der Waals surface area (Å²) in [6.07, 6.45) is 0. The predicted molar refractivity (Wildman–Crippen MR) is 93.2 cm³/mol. The molecule has 0 spiro atoms. The Hall–Kier alpha value is -3.29. The van der Waals surface area contributed by atoms with Gasteiger partial charge in [0.25, 0.3) is 5.82 Å². The van der Waals surface area contributed by atoms with Crippen LogP contribution in [0.15, 0.2) is 24.3 Å². The number of benzene rings is 1. The zero-order valence-electron chi connectivity index (χ0n) is 12.9. The van der Waals surface area contributed by atoms with E-state index in [9.17, 15) is 10.5 Å². The van der Waals surface area contributed by atoms with Crippen molar-refractivity contribution in [3.05, 3.63) is 34.7 Å². The Kier molecular flexibility index (Phi) is 3.95. The van der Waals surface area contributed by atoms with Gasteiger partial charge >= 0.3 is 0 Å². The van der Waals surface area contributed by atoms with Crippen LogP contribution in [0.3, 0.4) is 0 Å². The number of nitrogen functional groups attached to an aromatic ring is 2. The van der Waals surface area contributed by atoms with Crippen molar-refractivity contribution in [1.29, 1.82) is 10.5 Å². The second-order valence-electron chi connectivity index (χ2n) is 5.02. The number of hydrogen-bond acceptors (Lipinski definition) is 6. The number of H-pyrrole nitrogens is 1.